The summed E-state index contributed by atoms with van der Waals surface area (Å²) < 4.78 is 15.2. The number of ether oxygens (including phenoxy) is 3. The van der Waals surface area contributed by atoms with Gasteiger partial charge in [-0.25, -0.2) is 0 Å². The smallest absolute Gasteiger partial charge is 0.311 e. The molecule has 1 aliphatic rings. The first-order chi connectivity index (χ1) is 10.0. The van der Waals surface area contributed by atoms with Gasteiger partial charge in [-0.2, -0.15) is 0 Å². The molecule has 2 rings (SSSR count). The van der Waals surface area contributed by atoms with Crippen LogP contribution in [-0.4, -0.2) is 39.8 Å². The van der Waals surface area contributed by atoms with Gasteiger partial charge in [0.1, 0.15) is 0 Å². The Labute approximate surface area is 123 Å². The normalized spacial score (nSPS) is 17.8. The molecule has 0 aliphatic carbocycles. The van der Waals surface area contributed by atoms with Crippen LogP contribution >= 0.6 is 0 Å². The second-order valence-electron chi connectivity index (χ2n) is 4.92. The zero-order valence-electron chi connectivity index (χ0n) is 12.6. The molecule has 0 saturated carbocycles. The van der Waals surface area contributed by atoms with Gasteiger partial charge in [0.15, 0.2) is 11.5 Å². The third kappa shape index (κ3) is 2.79. The van der Waals surface area contributed by atoms with Crippen molar-refractivity contribution < 1.29 is 23.8 Å². The molecular formula is C15H19NO5. The van der Waals surface area contributed by atoms with Crippen molar-refractivity contribution in [2.45, 2.75) is 13.3 Å². The monoisotopic (exact) mass is 293 g/mol. The van der Waals surface area contributed by atoms with Crippen LogP contribution in [0.5, 0.6) is 11.5 Å². The molecule has 0 bridgehead atoms. The summed E-state index contributed by atoms with van der Waals surface area (Å²) in [4.78, 5) is 25.4. The fourth-order valence-electron chi connectivity index (χ4n) is 2.53. The third-order valence-corrected chi connectivity index (χ3v) is 3.65. The van der Waals surface area contributed by atoms with Crippen LogP contribution in [0.2, 0.25) is 0 Å². The molecular weight excluding hydrogens is 274 g/mol. The number of amides is 1. The number of anilines is 1. The van der Waals surface area contributed by atoms with Crippen LogP contribution in [0, 0.1) is 12.8 Å². The van der Waals surface area contributed by atoms with E-state index in [-0.39, 0.29) is 18.3 Å². The summed E-state index contributed by atoms with van der Waals surface area (Å²) in [6, 6.07) is 3.57. The predicted octanol–water partition coefficient (Wildman–Crippen LogP) is 1.54. The Hall–Kier alpha value is -2.24. The van der Waals surface area contributed by atoms with Crippen LogP contribution in [0.15, 0.2) is 12.1 Å². The van der Waals surface area contributed by atoms with E-state index < -0.39 is 5.92 Å². The van der Waals surface area contributed by atoms with Crippen molar-refractivity contribution >= 4 is 17.6 Å². The molecule has 1 aromatic rings. The highest BCUT2D eigenvalue weighted by Crippen LogP contribution is 2.37. The molecule has 114 valence electrons. The van der Waals surface area contributed by atoms with E-state index in [9.17, 15) is 9.59 Å². The van der Waals surface area contributed by atoms with Crippen molar-refractivity contribution in [3.05, 3.63) is 17.7 Å². The average Bonchev–Trinajstić information content (AvgIpc) is 2.87. The molecule has 1 fully saturated rings. The molecule has 21 heavy (non-hydrogen) atoms. The quantitative estimate of drug-likeness (QED) is 0.788. The highest BCUT2D eigenvalue weighted by molar-refractivity contribution is 6.00. The van der Waals surface area contributed by atoms with Crippen LogP contribution in [0.3, 0.4) is 0 Å². The molecule has 6 heteroatoms. The van der Waals surface area contributed by atoms with Gasteiger partial charge in [-0.3, -0.25) is 9.59 Å². The Balaban J connectivity index is 2.34. The van der Waals surface area contributed by atoms with E-state index in [4.69, 9.17) is 14.2 Å². The first kappa shape index (κ1) is 15.2. The zero-order valence-corrected chi connectivity index (χ0v) is 12.6. The van der Waals surface area contributed by atoms with Crippen molar-refractivity contribution in [1.82, 2.24) is 0 Å². The summed E-state index contributed by atoms with van der Waals surface area (Å²) in [5, 5.41) is 0. The van der Waals surface area contributed by atoms with Crippen LogP contribution in [0.1, 0.15) is 12.0 Å². The minimum absolute atomic E-state index is 0.0966. The first-order valence-electron chi connectivity index (χ1n) is 6.62. The second-order valence-corrected chi connectivity index (χ2v) is 4.92. The van der Waals surface area contributed by atoms with Gasteiger partial charge in [0.25, 0.3) is 0 Å². The molecule has 1 saturated heterocycles. The summed E-state index contributed by atoms with van der Waals surface area (Å²) in [5.74, 6) is 0.280. The number of methoxy groups -OCH3 is 3. The number of rotatable bonds is 4. The molecule has 1 atom stereocenters. The standard InChI is InChI=1S/C15H19NO5/c1-9-5-12(19-2)13(20-3)7-11(9)16-8-10(6-14(16)17)15(18)21-4/h5,7,10H,6,8H2,1-4H3. The molecule has 6 nitrogen and oxygen atoms in total. The topological polar surface area (TPSA) is 65.1 Å². The van der Waals surface area contributed by atoms with E-state index in [1.807, 2.05) is 13.0 Å². The Bertz CT molecular complexity index is 569. The largest absolute Gasteiger partial charge is 0.493 e. The summed E-state index contributed by atoms with van der Waals surface area (Å²) in [6.45, 7) is 2.21. The zero-order chi connectivity index (χ0) is 15.6. The molecule has 1 aromatic carbocycles. The van der Waals surface area contributed by atoms with E-state index >= 15 is 0 Å². The van der Waals surface area contributed by atoms with Crippen LogP contribution in [0.25, 0.3) is 0 Å². The summed E-state index contributed by atoms with van der Waals surface area (Å²) in [7, 11) is 4.43. The molecule has 1 amide bonds. The first-order valence-corrected chi connectivity index (χ1v) is 6.62. The summed E-state index contributed by atoms with van der Waals surface area (Å²) >= 11 is 0. The summed E-state index contributed by atoms with van der Waals surface area (Å²) in [6.07, 6.45) is 0.167. The lowest BCUT2D eigenvalue weighted by Crippen LogP contribution is -2.26. The van der Waals surface area contributed by atoms with E-state index in [0.29, 0.717) is 18.0 Å². The summed E-state index contributed by atoms with van der Waals surface area (Å²) in [5.41, 5.74) is 1.61. The van der Waals surface area contributed by atoms with E-state index in [1.165, 1.54) is 7.11 Å². The highest BCUT2D eigenvalue weighted by Gasteiger charge is 2.36. The van der Waals surface area contributed by atoms with Crippen molar-refractivity contribution in [1.29, 1.82) is 0 Å². The van der Waals surface area contributed by atoms with Gasteiger partial charge in [-0.05, 0) is 18.6 Å². The number of benzene rings is 1. The molecule has 0 spiro atoms. The van der Waals surface area contributed by atoms with Gasteiger partial charge in [-0.15, -0.1) is 0 Å². The van der Waals surface area contributed by atoms with Gasteiger partial charge in [0, 0.05) is 19.0 Å². The predicted molar refractivity (Wildman–Crippen MR) is 76.8 cm³/mol. The average molecular weight is 293 g/mol. The maximum absolute atomic E-state index is 12.2. The number of hydrogen-bond acceptors (Lipinski definition) is 5. The maximum Gasteiger partial charge on any atom is 0.311 e. The van der Waals surface area contributed by atoms with E-state index in [2.05, 4.69) is 0 Å². The number of carbonyl (C=O) groups excluding carboxylic acids is 2. The number of esters is 1. The fourth-order valence-corrected chi connectivity index (χ4v) is 2.53. The van der Waals surface area contributed by atoms with Crippen molar-refractivity contribution in [2.75, 3.05) is 32.8 Å². The Kier molecular flexibility index (Phi) is 4.35. The lowest BCUT2D eigenvalue weighted by atomic mass is 10.1. The molecule has 1 aliphatic heterocycles. The molecule has 0 N–H and O–H groups in total. The lowest BCUT2D eigenvalue weighted by molar-refractivity contribution is -0.145. The van der Waals surface area contributed by atoms with Crippen LogP contribution < -0.4 is 14.4 Å². The lowest BCUT2D eigenvalue weighted by Gasteiger charge is -2.21. The minimum Gasteiger partial charge on any atom is -0.493 e. The minimum atomic E-state index is -0.421. The fraction of sp³-hybridized carbons (Fsp3) is 0.467. The van der Waals surface area contributed by atoms with Crippen LogP contribution in [-0.2, 0) is 14.3 Å². The van der Waals surface area contributed by atoms with Crippen molar-refractivity contribution in [3.8, 4) is 11.5 Å². The molecule has 0 radical (unpaired) electrons. The Morgan fingerprint density at radius 1 is 1.19 bits per heavy atom. The third-order valence-electron chi connectivity index (χ3n) is 3.65. The number of hydrogen-bond donors (Lipinski definition) is 0. The van der Waals surface area contributed by atoms with Gasteiger partial charge < -0.3 is 19.1 Å². The van der Waals surface area contributed by atoms with Gasteiger partial charge in [0.2, 0.25) is 5.91 Å². The van der Waals surface area contributed by atoms with Gasteiger partial charge >= 0.3 is 5.97 Å². The maximum atomic E-state index is 12.2. The van der Waals surface area contributed by atoms with E-state index in [1.54, 1.807) is 25.2 Å². The Morgan fingerprint density at radius 2 is 1.81 bits per heavy atom. The number of carbonyl (C=O) groups is 2. The SMILES string of the molecule is COC(=O)C1CC(=O)N(c2cc(OC)c(OC)cc2C)C1. The number of aryl methyl sites for hydroxylation is 1. The molecule has 1 unspecified atom stereocenters. The Morgan fingerprint density at radius 3 is 2.38 bits per heavy atom. The van der Waals surface area contributed by atoms with Crippen molar-refractivity contribution in [2.24, 2.45) is 5.92 Å². The second kappa shape index (κ2) is 6.03. The van der Waals surface area contributed by atoms with Gasteiger partial charge in [0.05, 0.1) is 32.9 Å². The molecule has 1 heterocycles. The number of nitrogens with zero attached hydrogens (tertiary/aromatic N) is 1. The molecule has 0 aromatic heterocycles. The van der Waals surface area contributed by atoms with E-state index in [0.717, 1.165) is 11.3 Å². The van der Waals surface area contributed by atoms with Crippen LogP contribution in [0.4, 0.5) is 5.69 Å². The highest BCUT2D eigenvalue weighted by atomic mass is 16.5. The van der Waals surface area contributed by atoms with Crippen molar-refractivity contribution in [3.63, 3.8) is 0 Å². The van der Waals surface area contributed by atoms with Gasteiger partial charge in [-0.1, -0.05) is 0 Å².